The zero-order valence-corrected chi connectivity index (χ0v) is 14.3. The third-order valence-corrected chi connectivity index (χ3v) is 6.00. The van der Waals surface area contributed by atoms with Crippen LogP contribution >= 0.6 is 0 Å². The van der Waals surface area contributed by atoms with Crippen LogP contribution in [0.15, 0.2) is 10.6 Å². The quantitative estimate of drug-likeness (QED) is 0.652. The Kier molecular flexibility index (Phi) is 5.21. The lowest BCUT2D eigenvalue weighted by atomic mass is 9.92. The highest BCUT2D eigenvalue weighted by molar-refractivity contribution is 7.89. The maximum absolute atomic E-state index is 12.2. The molecule has 1 amide bonds. The molecule has 0 unspecified atom stereocenters. The molecule has 4 N–H and O–H groups in total. The van der Waals surface area contributed by atoms with Crippen LogP contribution in [-0.4, -0.2) is 43.9 Å². The SMILES string of the molecule is NCCS(=O)(=O)NC1CCC(NC(=O)c2cc(C3CC3)on2)CC1. The molecule has 1 aromatic rings. The van der Waals surface area contributed by atoms with Crippen molar-refractivity contribution in [2.24, 2.45) is 5.73 Å². The summed E-state index contributed by atoms with van der Waals surface area (Å²) in [6.07, 6.45) is 5.05. The first-order valence-corrected chi connectivity index (χ1v) is 10.1. The van der Waals surface area contributed by atoms with Gasteiger partial charge in [-0.3, -0.25) is 4.79 Å². The molecule has 0 bridgehead atoms. The van der Waals surface area contributed by atoms with E-state index in [1.54, 1.807) is 6.07 Å². The van der Waals surface area contributed by atoms with Crippen molar-refractivity contribution in [1.29, 1.82) is 0 Å². The maximum atomic E-state index is 12.2. The fourth-order valence-electron chi connectivity index (χ4n) is 3.04. The Morgan fingerprint density at radius 3 is 2.50 bits per heavy atom. The van der Waals surface area contributed by atoms with Gasteiger partial charge in [0.25, 0.3) is 5.91 Å². The molecule has 2 fully saturated rings. The van der Waals surface area contributed by atoms with E-state index in [2.05, 4.69) is 15.2 Å². The number of carbonyl (C=O) groups excluding carboxylic acids is 1. The summed E-state index contributed by atoms with van der Waals surface area (Å²) in [5, 5.41) is 6.79. The summed E-state index contributed by atoms with van der Waals surface area (Å²) in [7, 11) is -3.30. The molecule has 24 heavy (non-hydrogen) atoms. The summed E-state index contributed by atoms with van der Waals surface area (Å²) >= 11 is 0. The lowest BCUT2D eigenvalue weighted by Crippen LogP contribution is -2.44. The molecule has 0 spiro atoms. The van der Waals surface area contributed by atoms with E-state index in [1.165, 1.54) is 0 Å². The van der Waals surface area contributed by atoms with Crippen molar-refractivity contribution in [3.8, 4) is 0 Å². The number of aromatic nitrogens is 1. The van der Waals surface area contributed by atoms with Crippen molar-refractivity contribution in [3.63, 3.8) is 0 Å². The van der Waals surface area contributed by atoms with Crippen LogP contribution in [0.1, 0.15) is 60.7 Å². The molecule has 8 nitrogen and oxygen atoms in total. The van der Waals surface area contributed by atoms with Crippen molar-refractivity contribution < 1.29 is 17.7 Å². The Labute approximate surface area is 141 Å². The minimum Gasteiger partial charge on any atom is -0.360 e. The minimum absolute atomic E-state index is 0.0360. The maximum Gasteiger partial charge on any atom is 0.273 e. The second kappa shape index (κ2) is 7.20. The molecule has 3 rings (SSSR count). The van der Waals surface area contributed by atoms with Gasteiger partial charge in [0.15, 0.2) is 5.69 Å². The predicted octanol–water partition coefficient (Wildman–Crippen LogP) is 0.471. The standard InChI is InChI=1S/C15H24N4O4S/c16-7-8-24(21,22)19-12-5-3-11(4-6-12)17-15(20)13-9-14(23-18-13)10-1-2-10/h9-12,19H,1-8,16H2,(H,17,20). The van der Waals surface area contributed by atoms with Crippen molar-refractivity contribution in [1.82, 2.24) is 15.2 Å². The molecule has 2 saturated carbocycles. The summed E-state index contributed by atoms with van der Waals surface area (Å²) in [6, 6.07) is 1.68. The fraction of sp³-hybridized carbons (Fsp3) is 0.733. The number of amides is 1. The summed E-state index contributed by atoms with van der Waals surface area (Å²) < 4.78 is 31.3. The van der Waals surface area contributed by atoms with E-state index in [0.29, 0.717) is 24.5 Å². The Morgan fingerprint density at radius 2 is 1.88 bits per heavy atom. The number of carbonyl (C=O) groups is 1. The Morgan fingerprint density at radius 1 is 1.21 bits per heavy atom. The number of nitrogens with one attached hydrogen (secondary N) is 2. The fourth-order valence-corrected chi connectivity index (χ4v) is 4.21. The van der Waals surface area contributed by atoms with Crippen LogP contribution in [-0.2, 0) is 10.0 Å². The molecule has 2 aliphatic rings. The molecule has 0 aliphatic heterocycles. The van der Waals surface area contributed by atoms with Crippen LogP contribution in [0.3, 0.4) is 0 Å². The molecular weight excluding hydrogens is 332 g/mol. The van der Waals surface area contributed by atoms with E-state index in [9.17, 15) is 13.2 Å². The summed E-state index contributed by atoms with van der Waals surface area (Å²) in [4.78, 5) is 12.2. The van der Waals surface area contributed by atoms with Crippen LogP contribution in [0.5, 0.6) is 0 Å². The summed E-state index contributed by atoms with van der Waals surface area (Å²) in [5.41, 5.74) is 5.62. The lowest BCUT2D eigenvalue weighted by Gasteiger charge is -2.29. The number of nitrogens with two attached hydrogens (primary N) is 1. The molecule has 0 atom stereocenters. The summed E-state index contributed by atoms with van der Waals surface area (Å²) in [6.45, 7) is 0.112. The van der Waals surface area contributed by atoms with Gasteiger partial charge in [-0.25, -0.2) is 13.1 Å². The molecule has 0 radical (unpaired) electrons. The molecule has 0 aromatic carbocycles. The first-order chi connectivity index (χ1) is 11.5. The first-order valence-electron chi connectivity index (χ1n) is 8.44. The van der Waals surface area contributed by atoms with Crippen LogP contribution in [0.25, 0.3) is 0 Å². The third-order valence-electron chi connectivity index (χ3n) is 4.54. The van der Waals surface area contributed by atoms with Crippen LogP contribution < -0.4 is 15.8 Å². The van der Waals surface area contributed by atoms with E-state index in [0.717, 1.165) is 31.4 Å². The van der Waals surface area contributed by atoms with Crippen molar-refractivity contribution in [2.75, 3.05) is 12.3 Å². The highest BCUT2D eigenvalue weighted by Gasteiger charge is 2.30. The largest absolute Gasteiger partial charge is 0.360 e. The van der Waals surface area contributed by atoms with Gasteiger partial charge in [-0.2, -0.15) is 0 Å². The normalized spacial score (nSPS) is 24.7. The zero-order valence-electron chi connectivity index (χ0n) is 13.5. The Balaban J connectivity index is 1.45. The van der Waals surface area contributed by atoms with E-state index < -0.39 is 10.0 Å². The lowest BCUT2D eigenvalue weighted by molar-refractivity contribution is 0.0916. The first kappa shape index (κ1) is 17.4. The van der Waals surface area contributed by atoms with Gasteiger partial charge >= 0.3 is 0 Å². The number of nitrogens with zero attached hydrogens (tertiary/aromatic N) is 1. The van der Waals surface area contributed by atoms with Gasteiger partial charge in [-0.05, 0) is 38.5 Å². The minimum atomic E-state index is -3.30. The predicted molar refractivity (Wildman–Crippen MR) is 88.0 cm³/mol. The van der Waals surface area contributed by atoms with E-state index in [-0.39, 0.29) is 30.3 Å². The van der Waals surface area contributed by atoms with Crippen LogP contribution in [0.4, 0.5) is 0 Å². The Bertz CT molecular complexity index is 675. The number of rotatable bonds is 7. The number of hydrogen-bond acceptors (Lipinski definition) is 6. The average molecular weight is 356 g/mol. The van der Waals surface area contributed by atoms with E-state index in [1.807, 2.05) is 0 Å². The molecular formula is C15H24N4O4S. The third kappa shape index (κ3) is 4.55. The van der Waals surface area contributed by atoms with Gasteiger partial charge in [0.05, 0.1) is 5.75 Å². The second-order valence-corrected chi connectivity index (χ2v) is 8.51. The Hall–Kier alpha value is -1.45. The molecule has 1 aromatic heterocycles. The smallest absolute Gasteiger partial charge is 0.273 e. The molecule has 9 heteroatoms. The van der Waals surface area contributed by atoms with Gasteiger partial charge in [0.1, 0.15) is 5.76 Å². The van der Waals surface area contributed by atoms with E-state index in [4.69, 9.17) is 10.3 Å². The van der Waals surface area contributed by atoms with Gasteiger partial charge < -0.3 is 15.6 Å². The molecule has 0 saturated heterocycles. The number of hydrogen-bond donors (Lipinski definition) is 3. The van der Waals surface area contributed by atoms with Crippen LogP contribution in [0, 0.1) is 0 Å². The monoisotopic (exact) mass is 356 g/mol. The van der Waals surface area contributed by atoms with E-state index >= 15 is 0 Å². The highest BCUT2D eigenvalue weighted by atomic mass is 32.2. The van der Waals surface area contributed by atoms with Crippen LogP contribution in [0.2, 0.25) is 0 Å². The number of sulfonamides is 1. The zero-order chi connectivity index (χ0) is 17.2. The molecule has 2 aliphatic carbocycles. The van der Waals surface area contributed by atoms with Crippen molar-refractivity contribution in [3.05, 3.63) is 17.5 Å². The summed E-state index contributed by atoms with van der Waals surface area (Å²) in [5.74, 6) is 0.936. The topological polar surface area (TPSA) is 127 Å². The second-order valence-electron chi connectivity index (χ2n) is 6.64. The van der Waals surface area contributed by atoms with Gasteiger partial charge in [0.2, 0.25) is 10.0 Å². The molecule has 134 valence electrons. The van der Waals surface area contributed by atoms with Gasteiger partial charge in [0, 0.05) is 30.6 Å². The van der Waals surface area contributed by atoms with Gasteiger partial charge in [-0.15, -0.1) is 0 Å². The van der Waals surface area contributed by atoms with Crippen molar-refractivity contribution >= 4 is 15.9 Å². The van der Waals surface area contributed by atoms with Crippen molar-refractivity contribution in [2.45, 2.75) is 56.5 Å². The van der Waals surface area contributed by atoms with Gasteiger partial charge in [-0.1, -0.05) is 5.16 Å². The molecule has 1 heterocycles. The average Bonchev–Trinajstić information content (AvgIpc) is 3.26. The highest BCUT2D eigenvalue weighted by Crippen LogP contribution is 2.40.